The summed E-state index contributed by atoms with van der Waals surface area (Å²) in [7, 11) is -4.62. The topological polar surface area (TPSA) is 152 Å². The molecule has 2 fully saturated rings. The Bertz CT molecular complexity index is 379. The van der Waals surface area contributed by atoms with Crippen molar-refractivity contribution in [3.63, 3.8) is 0 Å². The van der Waals surface area contributed by atoms with E-state index in [1.54, 1.807) is 0 Å². The average molecular weight is 314 g/mol. The van der Waals surface area contributed by atoms with E-state index in [9.17, 15) is 19.9 Å². The van der Waals surface area contributed by atoms with E-state index >= 15 is 0 Å². The SMILES string of the molecule is O=P(O)(O)OC[C@@H]1O[C@@H](N2CC[C@@H](O)N[C@H]2O)C[C@@H]1O. The molecule has 118 valence electrons. The number of phosphoric acid groups is 1. The van der Waals surface area contributed by atoms with E-state index < -0.39 is 45.4 Å². The third-order valence-corrected chi connectivity index (χ3v) is 3.78. The molecule has 0 aliphatic carbocycles. The molecule has 2 saturated heterocycles. The minimum atomic E-state index is -4.62. The van der Waals surface area contributed by atoms with Gasteiger partial charge in [-0.1, -0.05) is 0 Å². The van der Waals surface area contributed by atoms with Crippen LogP contribution in [0.1, 0.15) is 12.8 Å². The van der Waals surface area contributed by atoms with Crippen molar-refractivity contribution in [2.45, 2.75) is 43.9 Å². The number of aliphatic hydroxyl groups excluding tert-OH is 3. The van der Waals surface area contributed by atoms with Gasteiger partial charge in [-0.2, -0.15) is 0 Å². The van der Waals surface area contributed by atoms with Crippen LogP contribution in [0.2, 0.25) is 0 Å². The van der Waals surface area contributed by atoms with Gasteiger partial charge in [-0.15, -0.1) is 0 Å². The molecule has 11 heteroatoms. The molecule has 0 amide bonds. The fraction of sp³-hybridized carbons (Fsp3) is 1.00. The Morgan fingerprint density at radius 3 is 2.65 bits per heavy atom. The molecule has 2 heterocycles. The molecule has 0 aromatic carbocycles. The van der Waals surface area contributed by atoms with E-state index in [4.69, 9.17) is 14.5 Å². The highest BCUT2D eigenvalue weighted by Crippen LogP contribution is 2.37. The maximum absolute atomic E-state index is 10.6. The van der Waals surface area contributed by atoms with Gasteiger partial charge in [-0.25, -0.2) is 9.46 Å². The first-order chi connectivity index (χ1) is 9.26. The predicted molar refractivity (Wildman–Crippen MR) is 63.8 cm³/mol. The van der Waals surface area contributed by atoms with E-state index in [1.165, 1.54) is 4.90 Å². The van der Waals surface area contributed by atoms with Gasteiger partial charge in [0.05, 0.1) is 12.7 Å². The number of nitrogens with one attached hydrogen (secondary N) is 1. The van der Waals surface area contributed by atoms with Crippen LogP contribution in [0.15, 0.2) is 0 Å². The molecule has 0 bridgehead atoms. The molecule has 5 atom stereocenters. The molecule has 0 aromatic heterocycles. The van der Waals surface area contributed by atoms with Crippen LogP contribution >= 0.6 is 7.82 Å². The molecule has 0 unspecified atom stereocenters. The van der Waals surface area contributed by atoms with Crippen molar-refractivity contribution in [3.05, 3.63) is 0 Å². The Hall–Kier alpha value is -0.130. The maximum atomic E-state index is 10.6. The molecule has 2 rings (SSSR count). The third kappa shape index (κ3) is 4.18. The lowest BCUT2D eigenvalue weighted by Gasteiger charge is -2.38. The molecule has 20 heavy (non-hydrogen) atoms. The van der Waals surface area contributed by atoms with Gasteiger partial charge in [-0.3, -0.25) is 9.84 Å². The third-order valence-electron chi connectivity index (χ3n) is 3.30. The van der Waals surface area contributed by atoms with Crippen LogP contribution < -0.4 is 5.32 Å². The normalized spacial score (nSPS) is 40.1. The van der Waals surface area contributed by atoms with Crippen molar-refractivity contribution < 1.29 is 38.9 Å². The van der Waals surface area contributed by atoms with Crippen LogP contribution in [0.5, 0.6) is 0 Å². The molecule has 2 aliphatic rings. The molecule has 0 radical (unpaired) electrons. The summed E-state index contributed by atoms with van der Waals surface area (Å²) in [4.78, 5) is 18.7. The first-order valence-corrected chi connectivity index (χ1v) is 7.71. The van der Waals surface area contributed by atoms with Crippen molar-refractivity contribution in [1.29, 1.82) is 0 Å². The molecular weight excluding hydrogens is 295 g/mol. The molecule has 10 nitrogen and oxygen atoms in total. The molecule has 6 N–H and O–H groups in total. The second kappa shape index (κ2) is 6.32. The predicted octanol–water partition coefficient (Wildman–Crippen LogP) is -2.54. The van der Waals surface area contributed by atoms with Crippen molar-refractivity contribution >= 4 is 7.82 Å². The second-order valence-corrected chi connectivity index (χ2v) is 6.04. The number of nitrogens with zero attached hydrogens (tertiary/aromatic N) is 1. The fourth-order valence-electron chi connectivity index (χ4n) is 2.29. The number of aliphatic hydroxyl groups is 3. The van der Waals surface area contributed by atoms with Crippen LogP contribution in [0.4, 0.5) is 0 Å². The molecule has 2 aliphatic heterocycles. The van der Waals surface area contributed by atoms with E-state index in [0.29, 0.717) is 13.0 Å². The van der Waals surface area contributed by atoms with Crippen LogP contribution in [-0.2, 0) is 13.8 Å². The van der Waals surface area contributed by atoms with Crippen molar-refractivity contribution in [2.24, 2.45) is 0 Å². The standard InChI is InChI=1S/C9H19N2O8P/c12-5-3-8(11-2-1-7(13)10-9(11)14)19-6(5)4-18-20(15,16)17/h5-10,12-14H,1-4H2,(H2,15,16,17)/t5-,6-,7+,8+,9+/m0/s1. The summed E-state index contributed by atoms with van der Waals surface area (Å²) in [6, 6.07) is 0. The average Bonchev–Trinajstić information content (AvgIpc) is 2.67. The largest absolute Gasteiger partial charge is 0.469 e. The number of ether oxygens (including phenoxy) is 1. The van der Waals surface area contributed by atoms with E-state index in [2.05, 4.69) is 9.84 Å². The van der Waals surface area contributed by atoms with Gasteiger partial charge in [0.2, 0.25) is 0 Å². The van der Waals surface area contributed by atoms with Crippen LogP contribution in [0.3, 0.4) is 0 Å². The second-order valence-electron chi connectivity index (χ2n) is 4.80. The highest BCUT2D eigenvalue weighted by Gasteiger charge is 2.41. The Balaban J connectivity index is 1.88. The summed E-state index contributed by atoms with van der Waals surface area (Å²) < 4.78 is 20.4. The van der Waals surface area contributed by atoms with Crippen molar-refractivity contribution in [1.82, 2.24) is 10.2 Å². The monoisotopic (exact) mass is 314 g/mol. The lowest BCUT2D eigenvalue weighted by Crippen LogP contribution is -2.59. The van der Waals surface area contributed by atoms with Gasteiger partial charge in [0, 0.05) is 13.0 Å². The minimum Gasteiger partial charge on any atom is -0.390 e. The summed E-state index contributed by atoms with van der Waals surface area (Å²) in [5.74, 6) is 0. The summed E-state index contributed by atoms with van der Waals surface area (Å²) in [6.07, 6.45) is -3.82. The molecule has 0 spiro atoms. The lowest BCUT2D eigenvalue weighted by molar-refractivity contribution is -0.175. The Kier molecular flexibility index (Phi) is 5.14. The van der Waals surface area contributed by atoms with Gasteiger partial charge in [0.15, 0.2) is 6.35 Å². The van der Waals surface area contributed by atoms with Gasteiger partial charge >= 0.3 is 7.82 Å². The van der Waals surface area contributed by atoms with Crippen LogP contribution in [-0.4, -0.2) is 74.2 Å². The van der Waals surface area contributed by atoms with Gasteiger partial charge < -0.3 is 29.8 Å². The molecular formula is C9H19N2O8P. The number of hydrogen-bond donors (Lipinski definition) is 6. The summed E-state index contributed by atoms with van der Waals surface area (Å²) in [5.41, 5.74) is 0. The lowest BCUT2D eigenvalue weighted by atomic mass is 10.1. The zero-order chi connectivity index (χ0) is 14.9. The van der Waals surface area contributed by atoms with Crippen molar-refractivity contribution in [2.75, 3.05) is 13.2 Å². The highest BCUT2D eigenvalue weighted by molar-refractivity contribution is 7.46. The highest BCUT2D eigenvalue weighted by atomic mass is 31.2. The Labute approximate surface area is 115 Å². The van der Waals surface area contributed by atoms with Crippen LogP contribution in [0.25, 0.3) is 0 Å². The minimum absolute atomic E-state index is 0.171. The van der Waals surface area contributed by atoms with Gasteiger partial charge in [0.1, 0.15) is 18.6 Å². The first kappa shape index (κ1) is 16.2. The Morgan fingerprint density at radius 1 is 1.35 bits per heavy atom. The fourth-order valence-corrected chi connectivity index (χ4v) is 2.63. The number of hydrogen-bond acceptors (Lipinski definition) is 8. The maximum Gasteiger partial charge on any atom is 0.469 e. The van der Waals surface area contributed by atoms with Crippen LogP contribution in [0, 0.1) is 0 Å². The van der Waals surface area contributed by atoms with Crippen molar-refractivity contribution in [3.8, 4) is 0 Å². The zero-order valence-corrected chi connectivity index (χ0v) is 11.5. The van der Waals surface area contributed by atoms with E-state index in [1.807, 2.05) is 0 Å². The smallest absolute Gasteiger partial charge is 0.390 e. The number of rotatable bonds is 4. The zero-order valence-electron chi connectivity index (χ0n) is 10.6. The van der Waals surface area contributed by atoms with E-state index in [-0.39, 0.29) is 6.42 Å². The summed E-state index contributed by atoms with van der Waals surface area (Å²) in [6.45, 7) is -0.0826. The summed E-state index contributed by atoms with van der Waals surface area (Å²) >= 11 is 0. The van der Waals surface area contributed by atoms with Gasteiger partial charge in [-0.05, 0) is 6.42 Å². The first-order valence-electron chi connectivity index (χ1n) is 6.18. The Morgan fingerprint density at radius 2 is 2.05 bits per heavy atom. The summed E-state index contributed by atoms with van der Waals surface area (Å²) in [5, 5.41) is 31.4. The number of phosphoric ester groups is 1. The molecule has 0 aromatic rings. The quantitative estimate of drug-likeness (QED) is 0.306. The van der Waals surface area contributed by atoms with E-state index in [0.717, 1.165) is 0 Å². The van der Waals surface area contributed by atoms with Gasteiger partial charge in [0.25, 0.3) is 0 Å². The molecule has 0 saturated carbocycles.